The van der Waals surface area contributed by atoms with Crippen LogP contribution in [0.4, 0.5) is 5.82 Å². The average Bonchev–Trinajstić information content (AvgIpc) is 3.35. The molecule has 30 heavy (non-hydrogen) atoms. The van der Waals surface area contributed by atoms with E-state index < -0.39 is 24.5 Å². The summed E-state index contributed by atoms with van der Waals surface area (Å²) in [5.41, 5.74) is 1.20. The molecule has 4 heterocycles. The van der Waals surface area contributed by atoms with E-state index in [2.05, 4.69) is 24.8 Å². The van der Waals surface area contributed by atoms with Crippen LogP contribution in [0.25, 0.3) is 11.2 Å². The molecular formula is C20H30N6O4. The summed E-state index contributed by atoms with van der Waals surface area (Å²) in [4.78, 5) is 18.2. The predicted octanol–water partition coefficient (Wildman–Crippen LogP) is -0.107. The number of aliphatic hydroxyl groups excluding tert-OH is 3. The zero-order valence-electron chi connectivity index (χ0n) is 17.0. The minimum Gasteiger partial charge on any atom is -0.394 e. The van der Waals surface area contributed by atoms with Gasteiger partial charge in [0.15, 0.2) is 23.2 Å². The third kappa shape index (κ3) is 3.46. The van der Waals surface area contributed by atoms with E-state index in [0.717, 1.165) is 38.0 Å². The van der Waals surface area contributed by atoms with Gasteiger partial charge < -0.3 is 25.0 Å². The average molecular weight is 418 g/mol. The highest BCUT2D eigenvalue weighted by atomic mass is 16.6. The van der Waals surface area contributed by atoms with Gasteiger partial charge in [-0.2, -0.15) is 0 Å². The molecule has 10 nitrogen and oxygen atoms in total. The second kappa shape index (κ2) is 8.35. The summed E-state index contributed by atoms with van der Waals surface area (Å²) < 4.78 is 7.26. The van der Waals surface area contributed by atoms with Crippen LogP contribution in [0.2, 0.25) is 0 Å². The molecule has 5 rings (SSSR count). The van der Waals surface area contributed by atoms with Crippen molar-refractivity contribution in [3.63, 3.8) is 0 Å². The summed E-state index contributed by atoms with van der Waals surface area (Å²) in [6.45, 7) is 3.46. The van der Waals surface area contributed by atoms with Gasteiger partial charge in [0.05, 0.1) is 12.9 Å². The van der Waals surface area contributed by atoms with Crippen molar-refractivity contribution in [3.8, 4) is 0 Å². The molecule has 0 spiro atoms. The van der Waals surface area contributed by atoms with E-state index in [0.29, 0.717) is 11.2 Å². The lowest BCUT2D eigenvalue weighted by molar-refractivity contribution is -0.0511. The van der Waals surface area contributed by atoms with Crippen LogP contribution in [0.15, 0.2) is 12.7 Å². The van der Waals surface area contributed by atoms with E-state index in [9.17, 15) is 15.3 Å². The number of ether oxygens (including phenoxy) is 1. The number of anilines is 1. The first-order chi connectivity index (χ1) is 14.7. The fourth-order valence-corrected chi connectivity index (χ4v) is 5.11. The van der Waals surface area contributed by atoms with Crippen molar-refractivity contribution in [1.29, 1.82) is 0 Å². The first-order valence-corrected chi connectivity index (χ1v) is 11.0. The minimum absolute atomic E-state index is 0.368. The molecule has 0 amide bonds. The number of rotatable bonds is 4. The van der Waals surface area contributed by atoms with Gasteiger partial charge in [-0.1, -0.05) is 19.3 Å². The second-order valence-electron chi connectivity index (χ2n) is 8.57. The maximum Gasteiger partial charge on any atom is 0.167 e. The Balaban J connectivity index is 1.34. The maximum absolute atomic E-state index is 10.4. The lowest BCUT2D eigenvalue weighted by Gasteiger charge is -2.41. The minimum atomic E-state index is -1.17. The Bertz CT molecular complexity index is 864. The number of aliphatic hydroxyl groups is 3. The smallest absolute Gasteiger partial charge is 0.167 e. The van der Waals surface area contributed by atoms with Gasteiger partial charge in [-0.05, 0) is 12.8 Å². The van der Waals surface area contributed by atoms with Gasteiger partial charge in [-0.3, -0.25) is 9.47 Å². The fraction of sp³-hybridized carbons (Fsp3) is 0.750. The Morgan fingerprint density at radius 1 is 0.967 bits per heavy atom. The van der Waals surface area contributed by atoms with E-state index in [1.807, 2.05) is 0 Å². The molecule has 2 saturated heterocycles. The number of piperazine rings is 1. The largest absolute Gasteiger partial charge is 0.394 e. The third-order valence-corrected chi connectivity index (χ3v) is 6.84. The molecule has 10 heteroatoms. The topological polar surface area (TPSA) is 120 Å². The zero-order chi connectivity index (χ0) is 20.7. The van der Waals surface area contributed by atoms with Crippen LogP contribution in [0, 0.1) is 0 Å². The van der Waals surface area contributed by atoms with Gasteiger partial charge in [0.1, 0.15) is 24.6 Å². The molecule has 3 fully saturated rings. The van der Waals surface area contributed by atoms with Gasteiger partial charge in [0.25, 0.3) is 0 Å². The summed E-state index contributed by atoms with van der Waals surface area (Å²) in [6, 6.07) is 0.720. The SMILES string of the molecule is OC[C@H]1O[C@@H](n2cnc3c(N4CCN(C5CCCCC5)CC4)ncnc32)[C@H](O)[C@@H]1O. The Morgan fingerprint density at radius 2 is 1.73 bits per heavy atom. The third-order valence-electron chi connectivity index (χ3n) is 6.84. The van der Waals surface area contributed by atoms with Gasteiger partial charge in [0.2, 0.25) is 0 Å². The molecule has 3 N–H and O–H groups in total. The number of hydrogen-bond acceptors (Lipinski definition) is 9. The highest BCUT2D eigenvalue weighted by molar-refractivity contribution is 5.83. The fourth-order valence-electron chi connectivity index (χ4n) is 5.11. The van der Waals surface area contributed by atoms with Gasteiger partial charge in [0, 0.05) is 32.2 Å². The Hall–Kier alpha value is -1.85. The molecule has 0 unspecified atom stereocenters. The van der Waals surface area contributed by atoms with E-state index in [4.69, 9.17) is 4.74 Å². The first kappa shape index (κ1) is 20.1. The number of nitrogens with zero attached hydrogens (tertiary/aromatic N) is 6. The number of fused-ring (bicyclic) bond motifs is 1. The van der Waals surface area contributed by atoms with E-state index in [1.165, 1.54) is 38.4 Å². The Labute approximate surface area is 175 Å². The molecule has 2 aromatic rings. The van der Waals surface area contributed by atoms with Crippen molar-refractivity contribution >= 4 is 17.0 Å². The number of aromatic nitrogens is 4. The lowest BCUT2D eigenvalue weighted by Crippen LogP contribution is -2.51. The number of hydrogen-bond donors (Lipinski definition) is 3. The van der Waals surface area contributed by atoms with Gasteiger partial charge >= 0.3 is 0 Å². The summed E-state index contributed by atoms with van der Waals surface area (Å²) in [5.74, 6) is 0.786. The van der Waals surface area contributed by atoms with Crippen LogP contribution in [-0.2, 0) is 4.74 Å². The van der Waals surface area contributed by atoms with Gasteiger partial charge in [-0.15, -0.1) is 0 Å². The van der Waals surface area contributed by atoms with Crippen molar-refractivity contribution in [2.24, 2.45) is 0 Å². The van der Waals surface area contributed by atoms with Gasteiger partial charge in [-0.25, -0.2) is 15.0 Å². The normalized spacial score (nSPS) is 31.6. The zero-order valence-corrected chi connectivity index (χ0v) is 17.0. The molecule has 1 aliphatic carbocycles. The Morgan fingerprint density at radius 3 is 2.43 bits per heavy atom. The molecular weight excluding hydrogens is 388 g/mol. The van der Waals surface area contributed by atoms with E-state index >= 15 is 0 Å². The van der Waals surface area contributed by atoms with Crippen molar-refractivity contribution in [3.05, 3.63) is 12.7 Å². The highest BCUT2D eigenvalue weighted by Crippen LogP contribution is 2.33. The standard InChI is InChI=1S/C20H30N6O4/c27-10-14-16(28)17(29)20(30-14)26-12-23-15-18(21-11-22-19(15)26)25-8-6-24(7-9-25)13-4-2-1-3-5-13/h11-14,16-17,20,27-29H,1-10H2/t14-,16-,17-,20-/m1/s1. The lowest BCUT2D eigenvalue weighted by atomic mass is 9.94. The number of imidazole rings is 1. The van der Waals surface area contributed by atoms with Crippen molar-refractivity contribution in [2.75, 3.05) is 37.7 Å². The van der Waals surface area contributed by atoms with Crippen LogP contribution in [0.5, 0.6) is 0 Å². The van der Waals surface area contributed by atoms with Crippen LogP contribution in [-0.4, -0.2) is 96.9 Å². The van der Waals surface area contributed by atoms with Crippen LogP contribution in [0.3, 0.4) is 0 Å². The summed E-state index contributed by atoms with van der Waals surface area (Å²) in [7, 11) is 0. The van der Waals surface area contributed by atoms with Crippen molar-refractivity contribution < 1.29 is 20.1 Å². The predicted molar refractivity (Wildman–Crippen MR) is 109 cm³/mol. The Kier molecular flexibility index (Phi) is 5.59. The second-order valence-corrected chi connectivity index (χ2v) is 8.57. The molecule has 0 bridgehead atoms. The van der Waals surface area contributed by atoms with Crippen LogP contribution >= 0.6 is 0 Å². The van der Waals surface area contributed by atoms with Crippen molar-refractivity contribution in [1.82, 2.24) is 24.4 Å². The summed E-state index contributed by atoms with van der Waals surface area (Å²) in [5, 5.41) is 29.8. The van der Waals surface area contributed by atoms with Crippen LogP contribution in [0.1, 0.15) is 38.3 Å². The van der Waals surface area contributed by atoms with Crippen molar-refractivity contribution in [2.45, 2.75) is 62.7 Å². The highest BCUT2D eigenvalue weighted by Gasteiger charge is 2.44. The summed E-state index contributed by atoms with van der Waals surface area (Å²) in [6.07, 6.45) is 5.72. The van der Waals surface area contributed by atoms with E-state index in [-0.39, 0.29) is 6.61 Å². The summed E-state index contributed by atoms with van der Waals surface area (Å²) >= 11 is 0. The molecule has 0 aromatic carbocycles. The van der Waals surface area contributed by atoms with Crippen LogP contribution < -0.4 is 4.90 Å². The molecule has 2 aliphatic heterocycles. The maximum atomic E-state index is 10.4. The first-order valence-electron chi connectivity index (χ1n) is 11.0. The molecule has 3 aliphatic rings. The monoisotopic (exact) mass is 418 g/mol. The molecule has 0 radical (unpaired) electrons. The molecule has 1 saturated carbocycles. The van der Waals surface area contributed by atoms with E-state index in [1.54, 1.807) is 10.9 Å². The molecule has 164 valence electrons. The molecule has 4 atom stereocenters. The molecule has 2 aromatic heterocycles. The quantitative estimate of drug-likeness (QED) is 0.625.